The summed E-state index contributed by atoms with van der Waals surface area (Å²) in [7, 11) is 1.30. The molecule has 0 radical (unpaired) electrons. The van der Waals surface area contributed by atoms with Crippen molar-refractivity contribution in [3.05, 3.63) is 60.2 Å². The van der Waals surface area contributed by atoms with Crippen LogP contribution in [0.5, 0.6) is 0 Å². The Bertz CT molecular complexity index is 846. The number of methoxy groups -OCH3 is 1. The van der Waals surface area contributed by atoms with Gasteiger partial charge in [0.2, 0.25) is 5.91 Å². The molecule has 2 N–H and O–H groups in total. The van der Waals surface area contributed by atoms with Gasteiger partial charge in [-0.1, -0.05) is 54.2 Å². The van der Waals surface area contributed by atoms with Gasteiger partial charge in [0.25, 0.3) is 0 Å². The number of aromatic nitrogens is 2. The predicted molar refractivity (Wildman–Crippen MR) is 96.2 cm³/mol. The summed E-state index contributed by atoms with van der Waals surface area (Å²) in [6.07, 6.45) is 0. The molecule has 1 amide bonds. The number of para-hydroxylation sites is 2. The molecule has 0 aliphatic carbocycles. The minimum Gasteiger partial charge on any atom is -0.467 e. The van der Waals surface area contributed by atoms with Crippen LogP contribution in [0.1, 0.15) is 11.6 Å². The number of nitrogens with one attached hydrogen (secondary N) is 2. The zero-order chi connectivity index (χ0) is 17.6. The van der Waals surface area contributed by atoms with E-state index in [9.17, 15) is 9.59 Å². The van der Waals surface area contributed by atoms with E-state index in [0.29, 0.717) is 10.7 Å². The fourth-order valence-electron chi connectivity index (χ4n) is 2.38. The Morgan fingerprint density at radius 3 is 2.60 bits per heavy atom. The van der Waals surface area contributed by atoms with Crippen molar-refractivity contribution in [2.75, 3.05) is 12.9 Å². The quantitative estimate of drug-likeness (QED) is 0.525. The maximum absolute atomic E-state index is 12.3. The van der Waals surface area contributed by atoms with Crippen LogP contribution in [0.3, 0.4) is 0 Å². The van der Waals surface area contributed by atoms with Crippen LogP contribution in [0.2, 0.25) is 0 Å². The maximum Gasteiger partial charge on any atom is 0.333 e. The zero-order valence-electron chi connectivity index (χ0n) is 13.6. The van der Waals surface area contributed by atoms with Crippen LogP contribution in [0.4, 0.5) is 0 Å². The number of ether oxygens (including phenoxy) is 1. The molecule has 0 spiro atoms. The number of carbonyl (C=O) groups excluding carboxylic acids is 2. The molecule has 25 heavy (non-hydrogen) atoms. The third-order valence-corrected chi connectivity index (χ3v) is 4.46. The van der Waals surface area contributed by atoms with Crippen molar-refractivity contribution in [2.45, 2.75) is 11.2 Å². The molecule has 3 aromatic rings. The number of benzene rings is 2. The average Bonchev–Trinajstić information content (AvgIpc) is 3.07. The van der Waals surface area contributed by atoms with E-state index in [0.717, 1.165) is 11.0 Å². The molecular weight excluding hydrogens is 338 g/mol. The molecule has 0 saturated heterocycles. The molecule has 128 valence electrons. The Morgan fingerprint density at radius 1 is 1.16 bits per heavy atom. The second kappa shape index (κ2) is 7.85. The Balaban J connectivity index is 1.64. The number of esters is 1. The van der Waals surface area contributed by atoms with E-state index in [1.807, 2.05) is 30.3 Å². The highest BCUT2D eigenvalue weighted by molar-refractivity contribution is 7.99. The summed E-state index contributed by atoms with van der Waals surface area (Å²) >= 11 is 1.28. The SMILES string of the molecule is COC(=O)[C@@H](NC(=O)CSc1nc2ccccc2[nH]1)c1ccccc1. The number of nitrogens with zero attached hydrogens (tertiary/aromatic N) is 1. The van der Waals surface area contributed by atoms with Crippen LogP contribution in [-0.4, -0.2) is 34.7 Å². The zero-order valence-corrected chi connectivity index (χ0v) is 14.4. The number of H-pyrrole nitrogens is 1. The molecule has 7 heteroatoms. The third kappa shape index (κ3) is 4.19. The number of hydrogen-bond acceptors (Lipinski definition) is 5. The molecule has 0 unspecified atom stereocenters. The van der Waals surface area contributed by atoms with Crippen LogP contribution in [0.25, 0.3) is 11.0 Å². The van der Waals surface area contributed by atoms with E-state index in [2.05, 4.69) is 15.3 Å². The first-order chi connectivity index (χ1) is 12.2. The summed E-state index contributed by atoms with van der Waals surface area (Å²) in [6, 6.07) is 15.8. The van der Waals surface area contributed by atoms with Gasteiger partial charge in [-0.15, -0.1) is 0 Å². The average molecular weight is 355 g/mol. The lowest BCUT2D eigenvalue weighted by Gasteiger charge is -2.16. The smallest absolute Gasteiger partial charge is 0.333 e. The van der Waals surface area contributed by atoms with Crippen molar-refractivity contribution in [2.24, 2.45) is 0 Å². The summed E-state index contributed by atoms with van der Waals surface area (Å²) in [6.45, 7) is 0. The lowest BCUT2D eigenvalue weighted by Crippen LogP contribution is -2.35. The van der Waals surface area contributed by atoms with Gasteiger partial charge in [-0.2, -0.15) is 0 Å². The minimum atomic E-state index is -0.824. The molecule has 1 aromatic heterocycles. The van der Waals surface area contributed by atoms with Crippen molar-refractivity contribution in [3.63, 3.8) is 0 Å². The van der Waals surface area contributed by atoms with Crippen molar-refractivity contribution < 1.29 is 14.3 Å². The van der Waals surface area contributed by atoms with Crippen molar-refractivity contribution in [3.8, 4) is 0 Å². The largest absolute Gasteiger partial charge is 0.467 e. The highest BCUT2D eigenvalue weighted by Gasteiger charge is 2.23. The predicted octanol–water partition coefficient (Wildman–Crippen LogP) is 2.69. The molecule has 2 aromatic carbocycles. The molecule has 0 bridgehead atoms. The normalized spacial score (nSPS) is 11.9. The molecule has 0 aliphatic heterocycles. The highest BCUT2D eigenvalue weighted by atomic mass is 32.2. The number of carbonyl (C=O) groups is 2. The van der Waals surface area contributed by atoms with Gasteiger partial charge in [0.15, 0.2) is 11.2 Å². The second-order valence-corrected chi connectivity index (χ2v) is 6.25. The first-order valence-corrected chi connectivity index (χ1v) is 8.65. The van der Waals surface area contributed by atoms with Crippen molar-refractivity contribution >= 4 is 34.7 Å². The van der Waals surface area contributed by atoms with E-state index >= 15 is 0 Å². The van der Waals surface area contributed by atoms with Crippen molar-refractivity contribution in [1.82, 2.24) is 15.3 Å². The van der Waals surface area contributed by atoms with Crippen LogP contribution in [0, 0.1) is 0 Å². The Kier molecular flexibility index (Phi) is 5.35. The number of aromatic amines is 1. The number of hydrogen-bond donors (Lipinski definition) is 2. The first kappa shape index (κ1) is 17.0. The lowest BCUT2D eigenvalue weighted by molar-refractivity contribution is -0.145. The lowest BCUT2D eigenvalue weighted by atomic mass is 10.1. The Morgan fingerprint density at radius 2 is 1.88 bits per heavy atom. The molecule has 6 nitrogen and oxygen atoms in total. The number of imidazole rings is 1. The van der Waals surface area contributed by atoms with Gasteiger partial charge in [-0.25, -0.2) is 9.78 Å². The molecule has 3 rings (SSSR count). The van der Waals surface area contributed by atoms with E-state index in [4.69, 9.17) is 4.74 Å². The van der Waals surface area contributed by atoms with Crippen molar-refractivity contribution in [1.29, 1.82) is 0 Å². The standard InChI is InChI=1S/C18H17N3O3S/c1-24-17(23)16(12-7-3-2-4-8-12)21-15(22)11-25-18-19-13-9-5-6-10-14(13)20-18/h2-10,16H,11H2,1H3,(H,19,20)(H,21,22)/t16-/m0/s1. The summed E-state index contributed by atoms with van der Waals surface area (Å²) in [5, 5.41) is 3.37. The summed E-state index contributed by atoms with van der Waals surface area (Å²) in [5.74, 6) is -0.641. The summed E-state index contributed by atoms with van der Waals surface area (Å²) in [5.41, 5.74) is 2.45. The van der Waals surface area contributed by atoms with E-state index < -0.39 is 12.0 Å². The molecule has 1 atom stereocenters. The fraction of sp³-hybridized carbons (Fsp3) is 0.167. The van der Waals surface area contributed by atoms with Crippen LogP contribution < -0.4 is 5.32 Å². The molecule has 0 saturated carbocycles. The van der Waals surface area contributed by atoms with Crippen LogP contribution in [0.15, 0.2) is 59.8 Å². The molecule has 1 heterocycles. The Hall–Kier alpha value is -2.80. The van der Waals surface area contributed by atoms with Gasteiger partial charge in [0.05, 0.1) is 23.9 Å². The minimum absolute atomic E-state index is 0.139. The molecule has 0 fully saturated rings. The van der Waals surface area contributed by atoms with E-state index in [-0.39, 0.29) is 11.7 Å². The van der Waals surface area contributed by atoms with E-state index in [1.54, 1.807) is 24.3 Å². The molecule has 0 aliphatic rings. The highest BCUT2D eigenvalue weighted by Crippen LogP contribution is 2.20. The summed E-state index contributed by atoms with van der Waals surface area (Å²) in [4.78, 5) is 31.8. The van der Waals surface area contributed by atoms with Gasteiger partial charge in [0, 0.05) is 0 Å². The maximum atomic E-state index is 12.3. The van der Waals surface area contributed by atoms with Crippen LogP contribution >= 0.6 is 11.8 Å². The number of thioether (sulfide) groups is 1. The van der Waals surface area contributed by atoms with E-state index in [1.165, 1.54) is 18.9 Å². The van der Waals surface area contributed by atoms with Gasteiger partial charge in [-0.3, -0.25) is 4.79 Å². The number of rotatable bonds is 6. The third-order valence-electron chi connectivity index (χ3n) is 3.58. The first-order valence-electron chi connectivity index (χ1n) is 7.67. The molecular formula is C18H17N3O3S. The van der Waals surface area contributed by atoms with Crippen LogP contribution in [-0.2, 0) is 14.3 Å². The monoisotopic (exact) mass is 355 g/mol. The fourth-order valence-corrected chi connectivity index (χ4v) is 3.07. The van der Waals surface area contributed by atoms with Gasteiger partial charge in [0.1, 0.15) is 0 Å². The van der Waals surface area contributed by atoms with Gasteiger partial charge >= 0.3 is 5.97 Å². The number of amides is 1. The van der Waals surface area contributed by atoms with Gasteiger partial charge in [-0.05, 0) is 17.7 Å². The second-order valence-electron chi connectivity index (χ2n) is 5.28. The topological polar surface area (TPSA) is 84.1 Å². The Labute approximate surface area is 149 Å². The van der Waals surface area contributed by atoms with Gasteiger partial charge < -0.3 is 15.0 Å². The number of fused-ring (bicyclic) bond motifs is 1. The summed E-state index contributed by atoms with van der Waals surface area (Å²) < 4.78 is 4.79.